The van der Waals surface area contributed by atoms with Crippen LogP contribution in [0, 0.1) is 0 Å². The third-order valence-corrected chi connectivity index (χ3v) is 2.51. The van der Waals surface area contributed by atoms with Crippen LogP contribution in [0.25, 0.3) is 0 Å². The number of esters is 1. The molecule has 0 aliphatic rings. The number of hydrogen-bond acceptors (Lipinski definition) is 4. The van der Waals surface area contributed by atoms with E-state index in [1.807, 2.05) is 0 Å². The minimum Gasteiger partial charge on any atom is -0.466 e. The second-order valence-corrected chi connectivity index (χ2v) is 3.82. The number of ether oxygens (including phenoxy) is 1. The quantitative estimate of drug-likeness (QED) is 0.663. The van der Waals surface area contributed by atoms with Crippen molar-refractivity contribution in [1.82, 2.24) is 4.98 Å². The summed E-state index contributed by atoms with van der Waals surface area (Å²) in [5.41, 5.74) is 5.45. The van der Waals surface area contributed by atoms with Crippen molar-refractivity contribution in [1.29, 1.82) is 0 Å². The monoisotopic (exact) mass is 278 g/mol. The Balaban J connectivity index is 3.03. The Hall–Kier alpha value is -1.27. The molecule has 0 saturated heterocycles. The van der Waals surface area contributed by atoms with Gasteiger partial charge in [0.15, 0.2) is 0 Å². The Kier molecular flexibility index (Phi) is 5.43. The maximum Gasteiger partial charge on any atom is 0.311 e. The molecule has 100 valence electrons. The van der Waals surface area contributed by atoms with Crippen molar-refractivity contribution >= 4 is 17.6 Å². The molecule has 0 atom stereocenters. The fraction of sp³-hybridized carbons (Fsp3) is 0.455. The fourth-order valence-corrected chi connectivity index (χ4v) is 1.79. The largest absolute Gasteiger partial charge is 0.466 e. The lowest BCUT2D eigenvalue weighted by Crippen LogP contribution is -2.12. The summed E-state index contributed by atoms with van der Waals surface area (Å²) in [6.45, 7) is 1.81. The average Bonchev–Trinajstić information content (AvgIpc) is 2.27. The minimum absolute atomic E-state index is 0.0995. The number of alkyl halides is 2. The first kappa shape index (κ1) is 14.8. The van der Waals surface area contributed by atoms with Crippen LogP contribution in [0.4, 0.5) is 8.78 Å². The molecule has 2 N–H and O–H groups in total. The van der Waals surface area contributed by atoms with Crippen molar-refractivity contribution in [3.63, 3.8) is 0 Å². The molecule has 0 spiro atoms. The van der Waals surface area contributed by atoms with E-state index in [2.05, 4.69) is 4.98 Å². The van der Waals surface area contributed by atoms with E-state index >= 15 is 0 Å². The van der Waals surface area contributed by atoms with Crippen molar-refractivity contribution in [3.05, 3.63) is 28.0 Å². The fourth-order valence-electron chi connectivity index (χ4n) is 1.48. The highest BCUT2D eigenvalue weighted by molar-refractivity contribution is 6.30. The molecule has 0 bridgehead atoms. The van der Waals surface area contributed by atoms with Crippen LogP contribution in [0.3, 0.4) is 0 Å². The molecule has 18 heavy (non-hydrogen) atoms. The number of carbonyl (C=O) groups excluding carboxylic acids is 1. The zero-order valence-electron chi connectivity index (χ0n) is 9.75. The summed E-state index contributed by atoms with van der Waals surface area (Å²) in [6, 6.07) is 1.35. The van der Waals surface area contributed by atoms with E-state index in [1.165, 1.54) is 6.07 Å². The molecule has 0 saturated carbocycles. The Labute approximate surface area is 108 Å². The van der Waals surface area contributed by atoms with Gasteiger partial charge in [-0.15, -0.1) is 0 Å². The molecule has 0 amide bonds. The van der Waals surface area contributed by atoms with Gasteiger partial charge in [-0.25, -0.2) is 13.8 Å². The molecule has 0 unspecified atom stereocenters. The van der Waals surface area contributed by atoms with E-state index in [4.69, 9.17) is 22.1 Å². The van der Waals surface area contributed by atoms with Crippen LogP contribution >= 0.6 is 11.6 Å². The van der Waals surface area contributed by atoms with Crippen LogP contribution in [0.2, 0.25) is 5.15 Å². The molecule has 0 aliphatic heterocycles. The highest BCUT2D eigenvalue weighted by Crippen LogP contribution is 2.29. The van der Waals surface area contributed by atoms with E-state index < -0.39 is 12.4 Å². The lowest BCUT2D eigenvalue weighted by atomic mass is 10.1. The van der Waals surface area contributed by atoms with Crippen LogP contribution in [0.1, 0.15) is 30.2 Å². The van der Waals surface area contributed by atoms with E-state index in [9.17, 15) is 13.6 Å². The molecular weight excluding hydrogens is 266 g/mol. The number of aromatic nitrogens is 1. The maximum atomic E-state index is 12.7. The van der Waals surface area contributed by atoms with E-state index in [-0.39, 0.29) is 41.5 Å². The van der Waals surface area contributed by atoms with Crippen LogP contribution in [0.5, 0.6) is 0 Å². The molecule has 4 nitrogen and oxygen atoms in total. The van der Waals surface area contributed by atoms with Gasteiger partial charge < -0.3 is 10.5 Å². The smallest absolute Gasteiger partial charge is 0.311 e. The maximum absolute atomic E-state index is 12.7. The van der Waals surface area contributed by atoms with Crippen LogP contribution in [-0.2, 0) is 22.5 Å². The molecule has 0 fully saturated rings. The van der Waals surface area contributed by atoms with Crippen LogP contribution in [0.15, 0.2) is 6.07 Å². The topological polar surface area (TPSA) is 65.2 Å². The predicted octanol–water partition coefficient (Wildman–Crippen LogP) is 2.24. The van der Waals surface area contributed by atoms with Crippen molar-refractivity contribution in [2.45, 2.75) is 26.3 Å². The van der Waals surface area contributed by atoms with Crippen molar-refractivity contribution in [2.75, 3.05) is 6.61 Å². The predicted molar refractivity (Wildman–Crippen MR) is 62.4 cm³/mol. The molecular formula is C11H13ClF2N2O2. The number of carbonyl (C=O) groups is 1. The first-order valence-electron chi connectivity index (χ1n) is 5.31. The lowest BCUT2D eigenvalue weighted by Gasteiger charge is -2.11. The Morgan fingerprint density at radius 1 is 1.61 bits per heavy atom. The van der Waals surface area contributed by atoms with E-state index in [0.29, 0.717) is 0 Å². The summed E-state index contributed by atoms with van der Waals surface area (Å²) in [6.07, 6.45) is -2.87. The molecule has 1 aromatic rings. The Bertz CT molecular complexity index is 441. The third-order valence-electron chi connectivity index (χ3n) is 2.22. The summed E-state index contributed by atoms with van der Waals surface area (Å²) >= 11 is 5.67. The second kappa shape index (κ2) is 6.61. The molecule has 7 heteroatoms. The summed E-state index contributed by atoms with van der Waals surface area (Å²) in [4.78, 5) is 15.0. The second-order valence-electron chi connectivity index (χ2n) is 3.46. The number of pyridine rings is 1. The van der Waals surface area contributed by atoms with Gasteiger partial charge in [-0.3, -0.25) is 4.79 Å². The zero-order valence-corrected chi connectivity index (χ0v) is 10.5. The first-order valence-corrected chi connectivity index (χ1v) is 5.69. The molecule has 1 aromatic heterocycles. The highest BCUT2D eigenvalue weighted by atomic mass is 35.5. The normalized spacial score (nSPS) is 10.8. The van der Waals surface area contributed by atoms with Crippen LogP contribution < -0.4 is 5.73 Å². The van der Waals surface area contributed by atoms with Crippen molar-refractivity contribution < 1.29 is 18.3 Å². The molecule has 0 aromatic carbocycles. The number of halogens is 3. The van der Waals surface area contributed by atoms with Gasteiger partial charge in [0.1, 0.15) is 5.15 Å². The van der Waals surface area contributed by atoms with Gasteiger partial charge in [0.05, 0.1) is 24.3 Å². The summed E-state index contributed by atoms with van der Waals surface area (Å²) in [5, 5.41) is -0.327. The molecule has 0 aliphatic carbocycles. The van der Waals surface area contributed by atoms with Gasteiger partial charge in [0.25, 0.3) is 6.43 Å². The first-order chi connectivity index (χ1) is 8.49. The van der Waals surface area contributed by atoms with Gasteiger partial charge >= 0.3 is 5.97 Å². The van der Waals surface area contributed by atoms with Gasteiger partial charge in [-0.1, -0.05) is 11.6 Å². The van der Waals surface area contributed by atoms with E-state index in [0.717, 1.165) is 0 Å². The lowest BCUT2D eigenvalue weighted by molar-refractivity contribution is -0.142. The SMILES string of the molecule is CCOC(=O)Cc1cc(CN)c(C(F)F)c(Cl)n1. The zero-order chi connectivity index (χ0) is 13.7. The number of hydrogen-bond donors (Lipinski definition) is 1. The van der Waals surface area contributed by atoms with Gasteiger partial charge in [0.2, 0.25) is 0 Å². The minimum atomic E-state index is -2.75. The van der Waals surface area contributed by atoms with Gasteiger partial charge in [-0.05, 0) is 18.6 Å². The Morgan fingerprint density at radius 3 is 2.78 bits per heavy atom. The van der Waals surface area contributed by atoms with Gasteiger partial charge in [-0.2, -0.15) is 0 Å². The van der Waals surface area contributed by atoms with E-state index in [1.54, 1.807) is 6.92 Å². The number of rotatable bonds is 5. The van der Waals surface area contributed by atoms with Crippen molar-refractivity contribution in [2.24, 2.45) is 5.73 Å². The molecule has 1 heterocycles. The van der Waals surface area contributed by atoms with Crippen LogP contribution in [-0.4, -0.2) is 17.6 Å². The Morgan fingerprint density at radius 2 is 2.28 bits per heavy atom. The van der Waals surface area contributed by atoms with Crippen molar-refractivity contribution in [3.8, 4) is 0 Å². The van der Waals surface area contributed by atoms with Gasteiger partial charge in [0, 0.05) is 6.54 Å². The standard InChI is InChI=1S/C11H13ClF2N2O2/c1-2-18-8(17)4-7-3-6(5-15)9(11(13)14)10(12)16-7/h3,11H,2,4-5,15H2,1H3. The summed E-state index contributed by atoms with van der Waals surface area (Å²) in [5.74, 6) is -0.492. The molecule has 1 rings (SSSR count). The number of nitrogens with two attached hydrogens (primary N) is 1. The molecule has 0 radical (unpaired) electrons. The highest BCUT2D eigenvalue weighted by Gasteiger charge is 2.19. The number of nitrogens with zero attached hydrogens (tertiary/aromatic N) is 1. The summed E-state index contributed by atoms with van der Waals surface area (Å²) in [7, 11) is 0. The average molecular weight is 279 g/mol. The third kappa shape index (κ3) is 3.61. The summed E-state index contributed by atoms with van der Waals surface area (Å²) < 4.78 is 30.2.